The van der Waals surface area contributed by atoms with Crippen molar-refractivity contribution in [3.8, 4) is 22.9 Å². The molecule has 0 saturated carbocycles. The predicted octanol–water partition coefficient (Wildman–Crippen LogP) is 3.89. The molecule has 0 amide bonds. The van der Waals surface area contributed by atoms with E-state index in [0.717, 1.165) is 4.21 Å². The standard InChI is InChI=1S/C20H24N2O5S3/c1-5-26-19(23)18-17(16(12-21)20(28-4)29-18)14-6-8-15(9-7-14)27-11-10-22-30(24,25)13(2)3/h6-9,13,22H,5,10-11H2,1-4H3. The van der Waals surface area contributed by atoms with Gasteiger partial charge in [-0.25, -0.2) is 17.9 Å². The van der Waals surface area contributed by atoms with Crippen LogP contribution in [0.2, 0.25) is 0 Å². The number of thioether (sulfide) groups is 1. The summed E-state index contributed by atoms with van der Waals surface area (Å²) < 4.78 is 37.4. The van der Waals surface area contributed by atoms with Gasteiger partial charge in [-0.3, -0.25) is 0 Å². The fraction of sp³-hybridized carbons (Fsp3) is 0.400. The van der Waals surface area contributed by atoms with Crippen LogP contribution >= 0.6 is 23.1 Å². The molecule has 1 aromatic heterocycles. The van der Waals surface area contributed by atoms with Gasteiger partial charge in [-0.1, -0.05) is 12.1 Å². The number of hydrogen-bond acceptors (Lipinski definition) is 8. The summed E-state index contributed by atoms with van der Waals surface area (Å²) in [4.78, 5) is 12.8. The van der Waals surface area contributed by atoms with Crippen molar-refractivity contribution in [3.05, 3.63) is 34.7 Å². The molecule has 10 heteroatoms. The molecule has 0 atom stereocenters. The molecule has 1 aromatic carbocycles. The monoisotopic (exact) mass is 468 g/mol. The lowest BCUT2D eigenvalue weighted by atomic mass is 10.0. The van der Waals surface area contributed by atoms with Gasteiger partial charge in [-0.2, -0.15) is 5.26 Å². The van der Waals surface area contributed by atoms with Crippen molar-refractivity contribution < 1.29 is 22.7 Å². The smallest absolute Gasteiger partial charge is 0.349 e. The number of esters is 1. The minimum Gasteiger partial charge on any atom is -0.492 e. The Balaban J connectivity index is 2.19. The molecule has 162 valence electrons. The molecule has 2 aromatic rings. The van der Waals surface area contributed by atoms with Gasteiger partial charge < -0.3 is 9.47 Å². The molecular formula is C20H24N2O5S3. The van der Waals surface area contributed by atoms with Crippen molar-refractivity contribution in [1.29, 1.82) is 5.26 Å². The van der Waals surface area contributed by atoms with E-state index in [1.807, 2.05) is 6.26 Å². The molecular weight excluding hydrogens is 444 g/mol. The molecule has 0 aliphatic rings. The van der Waals surface area contributed by atoms with Crippen molar-refractivity contribution >= 4 is 39.1 Å². The van der Waals surface area contributed by atoms with Crippen LogP contribution in [0.15, 0.2) is 28.5 Å². The van der Waals surface area contributed by atoms with Crippen LogP contribution in [0.5, 0.6) is 5.75 Å². The third-order valence-corrected chi connectivity index (χ3v) is 8.21. The van der Waals surface area contributed by atoms with Crippen LogP contribution in [-0.2, 0) is 14.8 Å². The summed E-state index contributed by atoms with van der Waals surface area (Å²) in [5.74, 6) is 0.103. The van der Waals surface area contributed by atoms with E-state index in [9.17, 15) is 18.5 Å². The number of carbonyl (C=O) groups excluding carboxylic acids is 1. The van der Waals surface area contributed by atoms with Gasteiger partial charge in [0.15, 0.2) is 0 Å². The van der Waals surface area contributed by atoms with Crippen molar-refractivity contribution in [3.63, 3.8) is 0 Å². The zero-order chi connectivity index (χ0) is 22.3. The lowest BCUT2D eigenvalue weighted by molar-refractivity contribution is 0.0533. The van der Waals surface area contributed by atoms with Crippen LogP contribution in [0.3, 0.4) is 0 Å². The fourth-order valence-electron chi connectivity index (χ4n) is 2.51. The second-order valence-electron chi connectivity index (χ2n) is 6.37. The van der Waals surface area contributed by atoms with E-state index >= 15 is 0 Å². The molecule has 0 aliphatic heterocycles. The Bertz CT molecular complexity index is 1020. The number of thiophene rings is 1. The van der Waals surface area contributed by atoms with Crippen LogP contribution in [0.1, 0.15) is 36.0 Å². The number of nitriles is 1. The Morgan fingerprint density at radius 3 is 2.50 bits per heavy atom. The minimum absolute atomic E-state index is 0.162. The average molecular weight is 469 g/mol. The Kier molecular flexibility index (Phi) is 8.73. The molecule has 30 heavy (non-hydrogen) atoms. The van der Waals surface area contributed by atoms with Crippen LogP contribution < -0.4 is 9.46 Å². The summed E-state index contributed by atoms with van der Waals surface area (Å²) in [5.41, 5.74) is 1.72. The second kappa shape index (κ2) is 10.8. The van der Waals surface area contributed by atoms with E-state index in [-0.39, 0.29) is 19.8 Å². The first-order valence-electron chi connectivity index (χ1n) is 9.24. The number of carbonyl (C=O) groups is 1. The highest BCUT2D eigenvalue weighted by molar-refractivity contribution is 8.00. The van der Waals surface area contributed by atoms with Gasteiger partial charge in [0.25, 0.3) is 0 Å². The summed E-state index contributed by atoms with van der Waals surface area (Å²) in [6.07, 6.45) is 1.86. The van der Waals surface area contributed by atoms with Gasteiger partial charge in [0.1, 0.15) is 23.3 Å². The Morgan fingerprint density at radius 1 is 1.30 bits per heavy atom. The van der Waals surface area contributed by atoms with E-state index in [2.05, 4.69) is 10.8 Å². The van der Waals surface area contributed by atoms with Gasteiger partial charge in [0.05, 0.1) is 21.6 Å². The maximum atomic E-state index is 12.4. The summed E-state index contributed by atoms with van der Waals surface area (Å²) in [5, 5.41) is 9.13. The van der Waals surface area contributed by atoms with Gasteiger partial charge in [-0.15, -0.1) is 23.1 Å². The van der Waals surface area contributed by atoms with Gasteiger partial charge in [-0.05, 0) is 44.7 Å². The minimum atomic E-state index is -3.33. The number of nitrogens with one attached hydrogen (secondary N) is 1. The van der Waals surface area contributed by atoms with Crippen LogP contribution in [0, 0.1) is 11.3 Å². The Labute approximate surface area is 185 Å². The fourth-order valence-corrected chi connectivity index (χ4v) is 5.04. The third kappa shape index (κ3) is 5.76. The predicted molar refractivity (Wildman–Crippen MR) is 120 cm³/mol. The molecule has 0 radical (unpaired) electrons. The van der Waals surface area contributed by atoms with Crippen molar-refractivity contribution in [2.45, 2.75) is 30.2 Å². The maximum Gasteiger partial charge on any atom is 0.349 e. The maximum absolute atomic E-state index is 12.4. The van der Waals surface area contributed by atoms with E-state index in [0.29, 0.717) is 27.3 Å². The molecule has 0 unspecified atom stereocenters. The summed E-state index contributed by atoms with van der Waals surface area (Å²) in [7, 11) is -3.33. The zero-order valence-electron chi connectivity index (χ0n) is 17.2. The lowest BCUT2D eigenvalue weighted by Crippen LogP contribution is -2.33. The van der Waals surface area contributed by atoms with E-state index in [4.69, 9.17) is 9.47 Å². The summed E-state index contributed by atoms with van der Waals surface area (Å²) in [6.45, 7) is 5.54. The van der Waals surface area contributed by atoms with Crippen molar-refractivity contribution in [2.24, 2.45) is 0 Å². The lowest BCUT2D eigenvalue weighted by Gasteiger charge is -2.11. The first kappa shape index (κ1) is 24.2. The number of ether oxygens (including phenoxy) is 2. The average Bonchev–Trinajstić information content (AvgIpc) is 3.10. The number of sulfonamides is 1. The van der Waals surface area contributed by atoms with Crippen LogP contribution in [0.4, 0.5) is 0 Å². The summed E-state index contributed by atoms with van der Waals surface area (Å²) >= 11 is 2.66. The highest BCUT2D eigenvalue weighted by Gasteiger charge is 2.24. The Morgan fingerprint density at radius 2 is 1.97 bits per heavy atom. The molecule has 0 aliphatic carbocycles. The molecule has 0 fully saturated rings. The summed E-state index contributed by atoms with van der Waals surface area (Å²) in [6, 6.07) is 9.17. The topological polar surface area (TPSA) is 105 Å². The van der Waals surface area contributed by atoms with Crippen LogP contribution in [0.25, 0.3) is 11.1 Å². The first-order valence-corrected chi connectivity index (χ1v) is 12.8. The van der Waals surface area contributed by atoms with Gasteiger partial charge >= 0.3 is 5.97 Å². The number of hydrogen-bond donors (Lipinski definition) is 1. The van der Waals surface area contributed by atoms with E-state index in [1.165, 1.54) is 23.1 Å². The van der Waals surface area contributed by atoms with Crippen molar-refractivity contribution in [2.75, 3.05) is 26.0 Å². The number of rotatable bonds is 10. The quantitative estimate of drug-likeness (QED) is 0.320. The molecule has 0 saturated heterocycles. The molecule has 1 heterocycles. The molecule has 2 rings (SSSR count). The van der Waals surface area contributed by atoms with Crippen LogP contribution in [-0.4, -0.2) is 45.7 Å². The zero-order valence-corrected chi connectivity index (χ0v) is 19.7. The van der Waals surface area contributed by atoms with E-state index < -0.39 is 21.2 Å². The highest BCUT2D eigenvalue weighted by atomic mass is 32.2. The van der Waals surface area contributed by atoms with Crippen molar-refractivity contribution in [1.82, 2.24) is 4.72 Å². The van der Waals surface area contributed by atoms with Gasteiger partial charge in [0, 0.05) is 12.1 Å². The van der Waals surface area contributed by atoms with Gasteiger partial charge in [0.2, 0.25) is 10.0 Å². The third-order valence-electron chi connectivity index (χ3n) is 4.07. The normalized spacial score (nSPS) is 11.3. The number of nitrogens with zero attached hydrogens (tertiary/aromatic N) is 1. The van der Waals surface area contributed by atoms with E-state index in [1.54, 1.807) is 45.0 Å². The Hall–Kier alpha value is -2.06. The molecule has 1 N–H and O–H groups in total. The molecule has 0 bridgehead atoms. The SMILES string of the molecule is CCOC(=O)c1sc(SC)c(C#N)c1-c1ccc(OCCNS(=O)(=O)C(C)C)cc1. The highest BCUT2D eigenvalue weighted by Crippen LogP contribution is 2.41. The molecule has 7 nitrogen and oxygen atoms in total. The molecule has 0 spiro atoms. The first-order chi connectivity index (χ1) is 14.2. The largest absolute Gasteiger partial charge is 0.492 e. The second-order valence-corrected chi connectivity index (χ2v) is 10.8. The number of benzene rings is 1.